The number of rotatable bonds is 6. The monoisotopic (exact) mass is 419 g/mol. The summed E-state index contributed by atoms with van der Waals surface area (Å²) < 4.78 is 36.7. The predicted molar refractivity (Wildman–Crippen MR) is 103 cm³/mol. The minimum Gasteiger partial charge on any atom is -0.497 e. The highest BCUT2D eigenvalue weighted by Gasteiger charge is 2.77. The van der Waals surface area contributed by atoms with Crippen LogP contribution in [0.3, 0.4) is 0 Å². The summed E-state index contributed by atoms with van der Waals surface area (Å²) in [5.41, 5.74) is -1.25. The van der Waals surface area contributed by atoms with Crippen molar-refractivity contribution in [1.29, 1.82) is 5.26 Å². The maximum Gasteiger partial charge on any atom is 0.328 e. The second-order valence-electron chi connectivity index (χ2n) is 6.37. The molecule has 146 valence electrons. The van der Waals surface area contributed by atoms with Crippen molar-refractivity contribution in [2.45, 2.75) is 23.0 Å². The number of esters is 1. The lowest BCUT2D eigenvalue weighted by atomic mass is 10.0. The first kappa shape index (κ1) is 20.2. The maximum atomic E-state index is 13.3. The highest BCUT2D eigenvalue weighted by molar-refractivity contribution is 7.92. The van der Waals surface area contributed by atoms with Gasteiger partial charge in [-0.2, -0.15) is 5.26 Å². The van der Waals surface area contributed by atoms with Gasteiger partial charge in [0.15, 0.2) is 15.3 Å². The lowest BCUT2D eigenvalue weighted by Crippen LogP contribution is -2.25. The van der Waals surface area contributed by atoms with Gasteiger partial charge in [-0.1, -0.05) is 23.7 Å². The number of carbonyl (C=O) groups excluding carboxylic acids is 1. The van der Waals surface area contributed by atoms with Gasteiger partial charge in [0.05, 0.1) is 24.7 Å². The van der Waals surface area contributed by atoms with E-state index in [0.717, 1.165) is 0 Å². The molecule has 0 N–H and O–H groups in total. The van der Waals surface area contributed by atoms with Gasteiger partial charge >= 0.3 is 5.97 Å². The van der Waals surface area contributed by atoms with E-state index in [2.05, 4.69) is 0 Å². The molecule has 3 rings (SSSR count). The molecule has 1 fully saturated rings. The number of ether oxygens (including phenoxy) is 2. The van der Waals surface area contributed by atoms with Crippen molar-refractivity contribution in [2.75, 3.05) is 13.7 Å². The molecule has 0 saturated heterocycles. The fourth-order valence-electron chi connectivity index (χ4n) is 3.47. The van der Waals surface area contributed by atoms with Crippen molar-refractivity contribution in [3.05, 3.63) is 59.1 Å². The molecule has 2 aromatic rings. The third kappa shape index (κ3) is 3.13. The van der Waals surface area contributed by atoms with Crippen LogP contribution in [0.4, 0.5) is 0 Å². The van der Waals surface area contributed by atoms with Crippen LogP contribution in [0.1, 0.15) is 18.4 Å². The second kappa shape index (κ2) is 7.46. The Morgan fingerprint density at radius 1 is 1.18 bits per heavy atom. The number of halogens is 1. The summed E-state index contributed by atoms with van der Waals surface area (Å²) in [7, 11) is -2.48. The van der Waals surface area contributed by atoms with Crippen LogP contribution in [0, 0.1) is 16.7 Å². The number of methoxy groups -OCH3 is 1. The largest absolute Gasteiger partial charge is 0.497 e. The Hall–Kier alpha value is -2.56. The number of nitriles is 1. The van der Waals surface area contributed by atoms with Gasteiger partial charge in [0.2, 0.25) is 0 Å². The molecule has 1 aliphatic rings. The van der Waals surface area contributed by atoms with Gasteiger partial charge in [-0.05, 0) is 48.9 Å². The molecular formula is C20H18ClNO5S. The maximum absolute atomic E-state index is 13.3. The molecule has 0 heterocycles. The van der Waals surface area contributed by atoms with Gasteiger partial charge in [-0.25, -0.2) is 8.42 Å². The van der Waals surface area contributed by atoms with E-state index in [1.165, 1.54) is 31.4 Å². The summed E-state index contributed by atoms with van der Waals surface area (Å²) in [4.78, 5) is 12.7. The third-order valence-corrected chi connectivity index (χ3v) is 7.38. The Morgan fingerprint density at radius 2 is 1.79 bits per heavy atom. The predicted octanol–water partition coefficient (Wildman–Crippen LogP) is 3.36. The zero-order valence-electron chi connectivity index (χ0n) is 15.3. The second-order valence-corrected chi connectivity index (χ2v) is 8.88. The topological polar surface area (TPSA) is 93.5 Å². The SMILES string of the molecule is CCOC(=O)C1(C#N)C(c2ccc(OC)cc2)C1S(=O)(=O)c1ccc(Cl)cc1. The summed E-state index contributed by atoms with van der Waals surface area (Å²) in [5.74, 6) is -1.09. The molecule has 0 radical (unpaired) electrons. The van der Waals surface area contributed by atoms with E-state index in [9.17, 15) is 18.5 Å². The van der Waals surface area contributed by atoms with E-state index in [1.54, 1.807) is 31.2 Å². The van der Waals surface area contributed by atoms with Crippen molar-refractivity contribution in [3.8, 4) is 11.8 Å². The summed E-state index contributed by atoms with van der Waals surface area (Å²) in [5, 5.41) is 8.99. The van der Waals surface area contributed by atoms with Gasteiger partial charge in [0.25, 0.3) is 0 Å². The molecule has 1 aliphatic carbocycles. The molecule has 0 aromatic heterocycles. The van der Waals surface area contributed by atoms with Crippen LogP contribution in [0.15, 0.2) is 53.4 Å². The molecule has 28 heavy (non-hydrogen) atoms. The molecule has 0 spiro atoms. The van der Waals surface area contributed by atoms with Crippen LogP contribution in [-0.4, -0.2) is 33.4 Å². The Bertz CT molecular complexity index is 1030. The van der Waals surface area contributed by atoms with Crippen LogP contribution < -0.4 is 4.74 Å². The molecule has 6 nitrogen and oxygen atoms in total. The van der Waals surface area contributed by atoms with Crippen molar-refractivity contribution < 1.29 is 22.7 Å². The molecule has 0 amide bonds. The van der Waals surface area contributed by atoms with Crippen LogP contribution in [-0.2, 0) is 19.4 Å². The average molecular weight is 420 g/mol. The fourth-order valence-corrected chi connectivity index (χ4v) is 5.84. The number of nitrogens with zero attached hydrogens (tertiary/aromatic N) is 1. The number of benzene rings is 2. The molecule has 2 aromatic carbocycles. The number of hydrogen-bond acceptors (Lipinski definition) is 6. The van der Waals surface area contributed by atoms with Gasteiger partial charge in [-0.3, -0.25) is 4.79 Å². The zero-order valence-corrected chi connectivity index (χ0v) is 16.8. The van der Waals surface area contributed by atoms with Crippen molar-refractivity contribution in [2.24, 2.45) is 5.41 Å². The molecule has 8 heteroatoms. The number of sulfone groups is 1. The van der Waals surface area contributed by atoms with Gasteiger partial charge in [-0.15, -0.1) is 0 Å². The minimum atomic E-state index is -3.99. The molecule has 1 saturated carbocycles. The average Bonchev–Trinajstić information content (AvgIpc) is 3.40. The Kier molecular flexibility index (Phi) is 5.37. The van der Waals surface area contributed by atoms with Crippen LogP contribution in [0.2, 0.25) is 5.02 Å². The molecular weight excluding hydrogens is 402 g/mol. The molecule has 0 bridgehead atoms. The molecule has 0 aliphatic heterocycles. The van der Waals surface area contributed by atoms with Gasteiger partial charge in [0.1, 0.15) is 11.0 Å². The van der Waals surface area contributed by atoms with Gasteiger partial charge in [0, 0.05) is 10.9 Å². The van der Waals surface area contributed by atoms with E-state index < -0.39 is 32.4 Å². The summed E-state index contributed by atoms with van der Waals surface area (Å²) in [6.07, 6.45) is 0. The first-order chi connectivity index (χ1) is 13.3. The quantitative estimate of drug-likeness (QED) is 0.666. The van der Waals surface area contributed by atoms with E-state index in [1.807, 2.05) is 6.07 Å². The summed E-state index contributed by atoms with van der Waals surface area (Å²) in [6.45, 7) is 1.65. The molecule has 3 unspecified atom stereocenters. The highest BCUT2D eigenvalue weighted by Crippen LogP contribution is 2.64. The normalized spacial score (nSPS) is 23.5. The lowest BCUT2D eigenvalue weighted by Gasteiger charge is -2.09. The lowest BCUT2D eigenvalue weighted by molar-refractivity contribution is -0.147. The Balaban J connectivity index is 2.11. The van der Waals surface area contributed by atoms with E-state index >= 15 is 0 Å². The van der Waals surface area contributed by atoms with Crippen molar-refractivity contribution in [3.63, 3.8) is 0 Å². The van der Waals surface area contributed by atoms with E-state index in [4.69, 9.17) is 21.1 Å². The van der Waals surface area contributed by atoms with Crippen LogP contribution >= 0.6 is 11.6 Å². The van der Waals surface area contributed by atoms with Gasteiger partial charge < -0.3 is 9.47 Å². The van der Waals surface area contributed by atoms with Crippen molar-refractivity contribution >= 4 is 27.4 Å². The van der Waals surface area contributed by atoms with E-state index in [-0.39, 0.29) is 11.5 Å². The number of hydrogen-bond donors (Lipinski definition) is 0. The fraction of sp³-hybridized carbons (Fsp3) is 0.300. The number of carbonyl (C=O) groups is 1. The highest BCUT2D eigenvalue weighted by atomic mass is 35.5. The van der Waals surface area contributed by atoms with Crippen molar-refractivity contribution in [1.82, 2.24) is 0 Å². The molecule has 3 atom stereocenters. The third-order valence-electron chi connectivity index (χ3n) is 4.88. The summed E-state index contributed by atoms with van der Waals surface area (Å²) >= 11 is 5.85. The zero-order chi connectivity index (χ0) is 20.5. The van der Waals surface area contributed by atoms with E-state index in [0.29, 0.717) is 16.3 Å². The first-order valence-electron chi connectivity index (χ1n) is 8.54. The minimum absolute atomic E-state index is 0.00170. The van der Waals surface area contributed by atoms with Crippen LogP contribution in [0.5, 0.6) is 5.75 Å². The van der Waals surface area contributed by atoms with Crippen LogP contribution in [0.25, 0.3) is 0 Å². The Morgan fingerprint density at radius 3 is 2.29 bits per heavy atom. The standard InChI is InChI=1S/C20H18ClNO5S/c1-3-27-19(23)20(12-22)17(13-4-8-15(26-2)9-5-13)18(20)28(24,25)16-10-6-14(21)7-11-16/h4-11,17-18H,3H2,1-2H3. The Labute approximate surface area is 168 Å². The first-order valence-corrected chi connectivity index (χ1v) is 10.5. The smallest absolute Gasteiger partial charge is 0.328 e. The summed E-state index contributed by atoms with van der Waals surface area (Å²) in [6, 6.07) is 14.2.